The molecule has 0 saturated carbocycles. The van der Waals surface area contributed by atoms with Crippen molar-refractivity contribution >= 4 is 37.1 Å². The molecule has 6 rings (SSSR count). The predicted octanol–water partition coefficient (Wildman–Crippen LogP) is 8.63. The minimum absolute atomic E-state index is 0. The van der Waals surface area contributed by atoms with E-state index in [9.17, 15) is 0 Å². The van der Waals surface area contributed by atoms with Crippen molar-refractivity contribution in [2.45, 2.75) is 0 Å². The molecule has 39 heavy (non-hydrogen) atoms. The minimum atomic E-state index is -0.421. The third kappa shape index (κ3) is 12.7. The summed E-state index contributed by atoms with van der Waals surface area (Å²) in [6.07, 6.45) is 0. The summed E-state index contributed by atoms with van der Waals surface area (Å²) in [6, 6.07) is 61.9. The van der Waals surface area contributed by atoms with E-state index >= 15 is 0 Å². The molecule has 0 bridgehead atoms. The van der Waals surface area contributed by atoms with Crippen LogP contribution in [0.5, 0.6) is 0 Å². The quantitative estimate of drug-likeness (QED) is 0.112. The molecule has 0 atom stereocenters. The number of hydrogen-bond acceptors (Lipinski definition) is 0. The summed E-state index contributed by atoms with van der Waals surface area (Å²) in [5.74, 6) is 0. The maximum Gasteiger partial charge on any atom is 4.00 e. The van der Waals surface area contributed by atoms with Gasteiger partial charge in [-0.15, -0.1) is 0 Å². The van der Waals surface area contributed by atoms with Gasteiger partial charge < -0.3 is 13.3 Å². The molecular formula is C36H34P2Ti. The minimum Gasteiger partial charge on any atom is -0.308 e. The Balaban J connectivity index is 0.000000199. The molecule has 0 amide bonds. The van der Waals surface area contributed by atoms with Crippen LogP contribution < -0.4 is 21.2 Å². The molecule has 0 aliphatic heterocycles. The Morgan fingerprint density at radius 1 is 0.333 bits per heavy atom. The summed E-state index contributed by atoms with van der Waals surface area (Å²) in [6.45, 7) is 8.49. The van der Waals surface area contributed by atoms with Crippen LogP contribution in [0.3, 0.4) is 0 Å². The van der Waals surface area contributed by atoms with Gasteiger partial charge in [-0.2, -0.15) is 36.4 Å². The van der Waals surface area contributed by atoms with E-state index in [1.165, 1.54) is 21.2 Å². The summed E-state index contributed by atoms with van der Waals surface area (Å²) < 4.78 is 0. The summed E-state index contributed by atoms with van der Waals surface area (Å²) in [4.78, 5) is 0. The standard InChI is InChI=1S/2C13H12P.2C5H5.Ti/c2*1-14(12-8-4-2-5-9-12)13-10-6-3-7-11-13;2*1-2-4-5-3-1;/h2*2-11H,1H2;2*1-5H;/q4*-1;+4. The average molecular weight is 576 g/mol. The van der Waals surface area contributed by atoms with E-state index in [4.69, 9.17) is 0 Å². The molecule has 0 aromatic heterocycles. The third-order valence-corrected chi connectivity index (χ3v) is 9.07. The van der Waals surface area contributed by atoms with E-state index in [0.717, 1.165) is 0 Å². The van der Waals surface area contributed by atoms with Crippen LogP contribution in [0.4, 0.5) is 0 Å². The van der Waals surface area contributed by atoms with Gasteiger partial charge in [-0.05, 0) is 0 Å². The maximum absolute atomic E-state index is 4.24. The number of benzene rings is 4. The number of hydrogen-bond donors (Lipinski definition) is 0. The Bertz CT molecular complexity index is 1080. The number of rotatable bonds is 4. The molecule has 0 unspecified atom stereocenters. The normalized spacial score (nSPS) is 9.54. The van der Waals surface area contributed by atoms with Crippen LogP contribution in [0.15, 0.2) is 182 Å². The SMILES string of the molecule is [CH2-]P(c1ccccc1)c1ccccc1.[CH2-]P(c1ccccc1)c1ccccc1.[Ti+4].c1cc[cH-]c1.c1cc[cH-]c1. The molecule has 3 heteroatoms. The van der Waals surface area contributed by atoms with E-state index in [1.807, 2.05) is 84.9 Å². The van der Waals surface area contributed by atoms with Gasteiger partial charge >= 0.3 is 21.7 Å². The van der Waals surface area contributed by atoms with Gasteiger partial charge in [0.15, 0.2) is 0 Å². The topological polar surface area (TPSA) is 0 Å². The van der Waals surface area contributed by atoms with Crippen molar-refractivity contribution in [3.05, 3.63) is 195 Å². The zero-order chi connectivity index (χ0) is 26.7. The predicted molar refractivity (Wildman–Crippen MR) is 173 cm³/mol. The van der Waals surface area contributed by atoms with E-state index in [0.29, 0.717) is 0 Å². The van der Waals surface area contributed by atoms with E-state index < -0.39 is 15.8 Å². The second kappa shape index (κ2) is 20.1. The summed E-state index contributed by atoms with van der Waals surface area (Å²) >= 11 is 0. The Morgan fingerprint density at radius 2 is 0.538 bits per heavy atom. The van der Waals surface area contributed by atoms with Gasteiger partial charge in [-0.1, -0.05) is 143 Å². The summed E-state index contributed by atoms with van der Waals surface area (Å²) in [5, 5.41) is 5.31. The molecule has 192 valence electrons. The Kier molecular flexibility index (Phi) is 16.7. The fourth-order valence-corrected chi connectivity index (χ4v) is 6.10. The van der Waals surface area contributed by atoms with Crippen molar-refractivity contribution in [3.63, 3.8) is 0 Å². The van der Waals surface area contributed by atoms with Crippen LogP contribution in [0.1, 0.15) is 0 Å². The fraction of sp³-hybridized carbons (Fsp3) is 0. The Hall–Kier alpha value is -2.85. The van der Waals surface area contributed by atoms with Crippen LogP contribution in [0.25, 0.3) is 0 Å². The molecule has 0 saturated heterocycles. The van der Waals surface area contributed by atoms with E-state index in [2.05, 4.69) is 110 Å². The van der Waals surface area contributed by atoms with Crippen LogP contribution in [-0.2, 0) is 21.7 Å². The molecule has 0 aliphatic rings. The van der Waals surface area contributed by atoms with Crippen LogP contribution >= 0.6 is 15.8 Å². The first-order valence-corrected chi connectivity index (χ1v) is 15.6. The molecule has 0 N–H and O–H groups in total. The average Bonchev–Trinajstić information content (AvgIpc) is 3.79. The smallest absolute Gasteiger partial charge is 0.308 e. The van der Waals surface area contributed by atoms with Crippen molar-refractivity contribution in [2.24, 2.45) is 0 Å². The fourth-order valence-electron chi connectivity index (χ4n) is 3.37. The van der Waals surface area contributed by atoms with Gasteiger partial charge in [0.05, 0.1) is 0 Å². The van der Waals surface area contributed by atoms with Gasteiger partial charge in [0.2, 0.25) is 0 Å². The first kappa shape index (κ1) is 32.4. The van der Waals surface area contributed by atoms with E-state index in [1.54, 1.807) is 0 Å². The molecule has 6 aromatic carbocycles. The van der Waals surface area contributed by atoms with Gasteiger partial charge in [0, 0.05) is 0 Å². The van der Waals surface area contributed by atoms with Crippen LogP contribution in [-0.4, -0.2) is 0 Å². The Morgan fingerprint density at radius 3 is 0.692 bits per heavy atom. The molecular weight excluding hydrogens is 542 g/mol. The van der Waals surface area contributed by atoms with Crippen LogP contribution in [0, 0.1) is 13.3 Å². The molecule has 0 heterocycles. The largest absolute Gasteiger partial charge is 4.00 e. The third-order valence-electron chi connectivity index (χ3n) is 5.38. The molecule has 0 aliphatic carbocycles. The molecule has 6 aromatic rings. The zero-order valence-electron chi connectivity index (χ0n) is 22.1. The zero-order valence-corrected chi connectivity index (χ0v) is 25.5. The van der Waals surface area contributed by atoms with Gasteiger partial charge in [-0.25, -0.2) is 40.1 Å². The Labute approximate surface area is 252 Å². The van der Waals surface area contributed by atoms with Gasteiger partial charge in [0.1, 0.15) is 0 Å². The van der Waals surface area contributed by atoms with Crippen LogP contribution in [0.2, 0.25) is 0 Å². The molecule has 0 fully saturated rings. The van der Waals surface area contributed by atoms with Crippen molar-refractivity contribution in [1.29, 1.82) is 0 Å². The van der Waals surface area contributed by atoms with Crippen molar-refractivity contribution in [3.8, 4) is 0 Å². The molecule has 0 nitrogen and oxygen atoms in total. The second-order valence-electron chi connectivity index (χ2n) is 8.12. The molecule has 0 spiro atoms. The van der Waals surface area contributed by atoms with Crippen molar-refractivity contribution in [2.75, 3.05) is 0 Å². The monoisotopic (exact) mass is 576 g/mol. The summed E-state index contributed by atoms with van der Waals surface area (Å²) in [5.41, 5.74) is 0. The first-order chi connectivity index (χ1) is 18.8. The second-order valence-corrected chi connectivity index (χ2v) is 11.9. The summed E-state index contributed by atoms with van der Waals surface area (Å²) in [7, 11) is -0.842. The molecule has 0 radical (unpaired) electrons. The van der Waals surface area contributed by atoms with E-state index in [-0.39, 0.29) is 21.7 Å². The van der Waals surface area contributed by atoms with Gasteiger partial charge in [-0.3, -0.25) is 0 Å². The van der Waals surface area contributed by atoms with Crippen molar-refractivity contribution < 1.29 is 21.7 Å². The maximum atomic E-state index is 4.24. The van der Waals surface area contributed by atoms with Crippen molar-refractivity contribution in [1.82, 2.24) is 0 Å². The first-order valence-electron chi connectivity index (χ1n) is 12.5. The van der Waals surface area contributed by atoms with Gasteiger partial charge in [0.25, 0.3) is 0 Å².